The van der Waals surface area contributed by atoms with Crippen LogP contribution in [0.1, 0.15) is 18.1 Å². The van der Waals surface area contributed by atoms with E-state index in [1.165, 1.54) is 0 Å². The fourth-order valence-electron chi connectivity index (χ4n) is 2.73. The van der Waals surface area contributed by atoms with Crippen molar-refractivity contribution in [3.05, 3.63) is 28.8 Å². The number of quaternary nitrogens is 1. The number of aliphatic carboxylic acids is 1. The topological polar surface area (TPSA) is 278 Å². The smallest absolute Gasteiger partial charge is 0.480 e. The van der Waals surface area contributed by atoms with Crippen molar-refractivity contribution in [1.29, 1.82) is 0 Å². The van der Waals surface area contributed by atoms with E-state index in [2.05, 4.69) is 30.3 Å². The van der Waals surface area contributed by atoms with Gasteiger partial charge in [0.05, 0.1) is 17.7 Å². The highest BCUT2D eigenvalue weighted by atomic mass is 19.4. The average molecular weight is 618 g/mol. The van der Waals surface area contributed by atoms with Gasteiger partial charge in [-0.1, -0.05) is 0 Å². The van der Waals surface area contributed by atoms with Gasteiger partial charge in [-0.2, -0.15) is 13.2 Å². The highest BCUT2D eigenvalue weighted by Gasteiger charge is 2.54. The lowest BCUT2D eigenvalue weighted by Gasteiger charge is -2.35. The predicted molar refractivity (Wildman–Crippen MR) is 114 cm³/mol. The van der Waals surface area contributed by atoms with Crippen LogP contribution in [0.25, 0.3) is 6.08 Å². The second-order valence-corrected chi connectivity index (χ2v) is 7.42. The van der Waals surface area contributed by atoms with Crippen LogP contribution < -0.4 is 26.6 Å². The van der Waals surface area contributed by atoms with Crippen molar-refractivity contribution in [3.63, 3.8) is 0 Å². The first kappa shape index (κ1) is 37.7. The van der Waals surface area contributed by atoms with Gasteiger partial charge in [-0.05, 0) is 32.2 Å². The highest BCUT2D eigenvalue weighted by Crippen LogP contribution is 2.46. The van der Waals surface area contributed by atoms with Crippen molar-refractivity contribution >= 4 is 18.0 Å². The van der Waals surface area contributed by atoms with Gasteiger partial charge in [-0.25, -0.2) is 21.8 Å². The van der Waals surface area contributed by atoms with Gasteiger partial charge in [-0.3, -0.25) is 9.63 Å². The van der Waals surface area contributed by atoms with Crippen LogP contribution in [0.15, 0.2) is 17.7 Å². The van der Waals surface area contributed by atoms with E-state index in [0.29, 0.717) is 12.1 Å². The van der Waals surface area contributed by atoms with Crippen molar-refractivity contribution in [2.24, 2.45) is 5.90 Å². The number of ether oxygens (including phenoxy) is 3. The van der Waals surface area contributed by atoms with Gasteiger partial charge in [0.2, 0.25) is 12.4 Å². The number of likely N-dealkylation sites (N-methyl/N-ethyl adjacent to an activating group) is 1. The zero-order valence-electron chi connectivity index (χ0n) is 20.7. The van der Waals surface area contributed by atoms with Crippen molar-refractivity contribution in [2.75, 3.05) is 13.6 Å². The van der Waals surface area contributed by atoms with Crippen molar-refractivity contribution in [1.82, 2.24) is 5.32 Å². The first-order valence-corrected chi connectivity index (χ1v) is 10.3. The molecule has 2 unspecified atom stereocenters. The zero-order chi connectivity index (χ0) is 32.6. The molecule has 1 aromatic carbocycles. The standard InChI is InChI=1S/C16H15F6NO10.C3H7NO2.H4NO/c1-5(33-23)30-12(24)8-3-6-2-7(32-16(20,21)22)4-9(13(25,26)15(27,28)29)10(6)31-11(8)14(17,18)19;1-4-2-3(5)6;1-2/h2-5,11,25-29H,23H2,1H3;4H,2H2,1H3,(H,5,6);2H,1H3/q;;+1. The first-order valence-electron chi connectivity index (χ1n) is 10.3. The molecule has 0 saturated heterocycles. The second-order valence-electron chi connectivity index (χ2n) is 7.42. The average Bonchev–Trinajstić information content (AvgIpc) is 2.81. The lowest BCUT2D eigenvalue weighted by atomic mass is 9.94. The second kappa shape index (κ2) is 14.5. The molecule has 0 spiro atoms. The molecule has 2 atom stereocenters. The first-order chi connectivity index (χ1) is 18.5. The van der Waals surface area contributed by atoms with Gasteiger partial charge in [0.15, 0.2) is 0 Å². The Bertz CT molecular complexity index is 1070. The minimum atomic E-state index is -5.41. The Morgan fingerprint density at radius 1 is 1.10 bits per heavy atom. The predicted octanol–water partition coefficient (Wildman–Crippen LogP) is -2.25. The molecule has 1 aromatic rings. The molecule has 1 aliphatic heterocycles. The molecule has 0 aliphatic carbocycles. The van der Waals surface area contributed by atoms with E-state index in [1.54, 1.807) is 7.05 Å². The summed E-state index contributed by atoms with van der Waals surface area (Å²) in [7, 11) is 1.59. The number of carboxylic acids is 1. The van der Waals surface area contributed by atoms with E-state index in [4.69, 9.17) is 16.2 Å². The molecule has 1 heterocycles. The van der Waals surface area contributed by atoms with Crippen LogP contribution in [0.4, 0.5) is 26.3 Å². The number of aliphatic hydroxyl groups is 5. The number of benzene rings is 1. The monoisotopic (exact) mass is 618 g/mol. The minimum absolute atomic E-state index is 0.0126. The third kappa shape index (κ3) is 10.9. The Kier molecular flexibility index (Phi) is 13.4. The van der Waals surface area contributed by atoms with Crippen LogP contribution >= 0.6 is 0 Å². The van der Waals surface area contributed by atoms with Crippen molar-refractivity contribution < 1.29 is 96.7 Å². The number of carbonyl (C=O) groups is 2. The van der Waals surface area contributed by atoms with Crippen LogP contribution in [0, 0.1) is 0 Å². The molecule has 13 N–H and O–H groups in total. The maximum absolute atomic E-state index is 13.6. The third-order valence-corrected chi connectivity index (χ3v) is 4.32. The number of halogens is 6. The van der Waals surface area contributed by atoms with Gasteiger partial charge < -0.3 is 50.2 Å². The summed E-state index contributed by atoms with van der Waals surface area (Å²) < 4.78 is 91.2. The van der Waals surface area contributed by atoms with E-state index in [9.17, 15) is 61.5 Å². The number of nitrogens with one attached hydrogen (secondary N) is 1. The number of carboxylic acid groups (broad SMARTS) is 1. The maximum atomic E-state index is 13.6. The largest absolute Gasteiger partial charge is 0.573 e. The molecule has 16 nitrogen and oxygen atoms in total. The van der Waals surface area contributed by atoms with Crippen molar-refractivity contribution in [2.45, 2.75) is 43.6 Å². The van der Waals surface area contributed by atoms with E-state index < -0.39 is 76.8 Å². The number of nitrogens with two attached hydrogens (primary N) is 1. The molecule has 1 aliphatic rings. The summed E-state index contributed by atoms with van der Waals surface area (Å²) in [5, 5.41) is 64.3. The molecule has 236 valence electrons. The van der Waals surface area contributed by atoms with Crippen LogP contribution in [0.2, 0.25) is 0 Å². The molecule has 22 heteroatoms. The normalized spacial score (nSPS) is 15.9. The number of alkyl halides is 6. The third-order valence-electron chi connectivity index (χ3n) is 4.32. The zero-order valence-corrected chi connectivity index (χ0v) is 20.7. The maximum Gasteiger partial charge on any atom is 0.573 e. The van der Waals surface area contributed by atoms with Crippen LogP contribution in [0.3, 0.4) is 0 Å². The SMILES string of the molecule is CC(ON)OC(=O)C1=Cc2cc(OC(F)(F)F)cc(C(O)(O)C(O)(O)O)c2OC1C(F)(F)F.CNCC(=O)O.[NH3+]O. The number of hydrogen-bond acceptors (Lipinski definition) is 14. The summed E-state index contributed by atoms with van der Waals surface area (Å²) in [5.74, 6) is -7.01. The lowest BCUT2D eigenvalue weighted by molar-refractivity contribution is -0.670. The molecule has 0 aromatic heterocycles. The number of esters is 1. The lowest BCUT2D eigenvalue weighted by Crippen LogP contribution is -2.52. The Labute approximate surface area is 224 Å². The Balaban J connectivity index is 0.00000177. The number of hydrogen-bond donors (Lipinski definition) is 10. The Morgan fingerprint density at radius 3 is 2.00 bits per heavy atom. The van der Waals surface area contributed by atoms with Crippen LogP contribution in [0.5, 0.6) is 11.5 Å². The van der Waals surface area contributed by atoms with Crippen LogP contribution in [-0.4, -0.2) is 92.3 Å². The summed E-state index contributed by atoms with van der Waals surface area (Å²) in [6.45, 7) is 1.06. The van der Waals surface area contributed by atoms with E-state index in [-0.39, 0.29) is 12.6 Å². The summed E-state index contributed by atoms with van der Waals surface area (Å²) in [6, 6.07) is 0.387. The highest BCUT2D eigenvalue weighted by molar-refractivity contribution is 5.96. The number of carbonyl (C=O) groups excluding carboxylic acids is 1. The molecule has 0 fully saturated rings. The molecular formula is C19H26F6N3O13+. The molecular weight excluding hydrogens is 592 g/mol. The van der Waals surface area contributed by atoms with Crippen LogP contribution in [-0.2, 0) is 25.0 Å². The van der Waals surface area contributed by atoms with Gasteiger partial charge in [0, 0.05) is 5.56 Å². The molecule has 0 amide bonds. The fourth-order valence-corrected chi connectivity index (χ4v) is 2.73. The minimum Gasteiger partial charge on any atom is -0.480 e. The Morgan fingerprint density at radius 2 is 1.63 bits per heavy atom. The summed E-state index contributed by atoms with van der Waals surface area (Å²) in [4.78, 5) is 25.8. The molecule has 41 heavy (non-hydrogen) atoms. The van der Waals surface area contributed by atoms with E-state index >= 15 is 0 Å². The number of rotatable bonds is 8. The summed E-state index contributed by atoms with van der Waals surface area (Å²) in [5.41, 5.74) is -3.79. The van der Waals surface area contributed by atoms with Gasteiger partial charge >= 0.3 is 30.5 Å². The van der Waals surface area contributed by atoms with Gasteiger partial charge in [-0.15, -0.1) is 13.2 Å². The quantitative estimate of drug-likeness (QED) is 0.0637. The molecule has 0 bridgehead atoms. The summed E-state index contributed by atoms with van der Waals surface area (Å²) in [6.07, 6.45) is -15.3. The van der Waals surface area contributed by atoms with E-state index in [1.807, 2.05) is 0 Å². The molecule has 0 saturated carbocycles. The molecule has 2 rings (SSSR count). The van der Waals surface area contributed by atoms with Gasteiger partial charge in [0.25, 0.3) is 5.79 Å². The number of fused-ring (bicyclic) bond motifs is 1. The fraction of sp³-hybridized carbons (Fsp3) is 0.474. The van der Waals surface area contributed by atoms with E-state index in [0.717, 1.165) is 6.92 Å². The Hall–Kier alpha value is -3.32. The van der Waals surface area contributed by atoms with Crippen molar-refractivity contribution in [3.8, 4) is 11.5 Å². The molecule has 0 radical (unpaired) electrons. The van der Waals surface area contributed by atoms with Gasteiger partial charge in [0.1, 0.15) is 11.5 Å². The summed E-state index contributed by atoms with van der Waals surface area (Å²) >= 11 is 0.